The van der Waals surface area contributed by atoms with Gasteiger partial charge in [0.25, 0.3) is 0 Å². The van der Waals surface area contributed by atoms with Crippen LogP contribution in [0.2, 0.25) is 0 Å². The predicted octanol–water partition coefficient (Wildman–Crippen LogP) is 15.8. The molecule has 2 aromatic heterocycles. The van der Waals surface area contributed by atoms with Gasteiger partial charge in [-0.25, -0.2) is 15.0 Å². The second-order valence-electron chi connectivity index (χ2n) is 15.9. The molecule has 3 nitrogen and oxygen atoms in total. The quantitative estimate of drug-likeness (QED) is 0.163. The monoisotopic (exact) mass is 791 g/mol. The van der Waals surface area contributed by atoms with Crippen molar-refractivity contribution >= 4 is 86.1 Å². The fourth-order valence-electron chi connectivity index (χ4n) is 9.74. The van der Waals surface area contributed by atoms with Gasteiger partial charge in [0.15, 0.2) is 17.5 Å². The molecule has 61 heavy (non-hydrogen) atoms. The highest BCUT2D eigenvalue weighted by atomic mass is 32.1. The SMILES string of the molecule is c1ccc(-c2nc(-c3cc4ccccc4s3)nc(-c3ccccc3-c3ccccc3-c3cc4ccc5cccc6c7cccc8ccc9cccc(c(c3)c4c56)c9c87)n2)cc1. The molecular formula is C57H33N3S. The first-order chi connectivity index (χ1) is 30.2. The van der Waals surface area contributed by atoms with Crippen molar-refractivity contribution in [2.75, 3.05) is 0 Å². The van der Waals surface area contributed by atoms with Crippen LogP contribution >= 0.6 is 11.3 Å². The Kier molecular flexibility index (Phi) is 7.47. The average Bonchev–Trinajstić information content (AvgIpc) is 3.77. The Bertz CT molecular complexity index is 3850. The number of fused-ring (bicyclic) bond motifs is 3. The summed E-state index contributed by atoms with van der Waals surface area (Å²) in [6.07, 6.45) is 0. The number of hydrogen-bond donors (Lipinski definition) is 0. The van der Waals surface area contributed by atoms with Gasteiger partial charge in [0, 0.05) is 15.8 Å². The fraction of sp³-hybridized carbons (Fsp3) is 0. The van der Waals surface area contributed by atoms with E-state index in [2.05, 4.69) is 182 Å². The number of benzene rings is 10. The molecule has 0 spiro atoms. The zero-order chi connectivity index (χ0) is 40.0. The van der Waals surface area contributed by atoms with E-state index >= 15 is 0 Å². The van der Waals surface area contributed by atoms with Crippen molar-refractivity contribution in [1.82, 2.24) is 15.0 Å². The number of rotatable bonds is 5. The molecule has 0 saturated carbocycles. The summed E-state index contributed by atoms with van der Waals surface area (Å²) in [5, 5.41) is 16.4. The van der Waals surface area contributed by atoms with E-state index in [1.807, 2.05) is 18.2 Å². The Labute approximate surface area is 355 Å². The van der Waals surface area contributed by atoms with Gasteiger partial charge in [0.1, 0.15) is 0 Å². The summed E-state index contributed by atoms with van der Waals surface area (Å²) in [7, 11) is 0. The lowest BCUT2D eigenvalue weighted by molar-refractivity contribution is 1.08. The van der Waals surface area contributed by atoms with Gasteiger partial charge >= 0.3 is 0 Å². The highest BCUT2D eigenvalue weighted by Gasteiger charge is 2.21. The first-order valence-corrected chi connectivity index (χ1v) is 21.5. The lowest BCUT2D eigenvalue weighted by Crippen LogP contribution is -2.00. The molecule has 13 rings (SSSR count). The van der Waals surface area contributed by atoms with E-state index < -0.39 is 0 Å². The van der Waals surface area contributed by atoms with E-state index in [1.165, 1.54) is 74.7 Å². The Morgan fingerprint density at radius 3 is 1.44 bits per heavy atom. The first-order valence-electron chi connectivity index (χ1n) is 20.7. The van der Waals surface area contributed by atoms with Crippen LogP contribution in [0.15, 0.2) is 200 Å². The Balaban J connectivity index is 1.07. The number of thiophene rings is 1. The summed E-state index contributed by atoms with van der Waals surface area (Å²) in [5.74, 6) is 1.97. The minimum Gasteiger partial charge on any atom is -0.208 e. The van der Waals surface area contributed by atoms with Crippen LogP contribution in [0.25, 0.3) is 130 Å². The standard InChI is InChI=1S/C57H33N3S/c1-2-13-37(14-3-1)55-58-56(60-57(59-55)50-33-38-15-4-9-26-49(38)61-50)47-22-8-7-21-43(47)42-20-6-5-19-41(42)40-31-39-30-29-36-17-11-24-45-44-23-10-16-34-27-28-35-18-12-25-46(53(35)51(34)44)48(32-40)54(39)52(36)45/h1-33H. The van der Waals surface area contributed by atoms with E-state index in [0.717, 1.165) is 38.3 Å². The van der Waals surface area contributed by atoms with Crippen LogP contribution in [0.1, 0.15) is 0 Å². The molecular weight excluding hydrogens is 759 g/mol. The van der Waals surface area contributed by atoms with Gasteiger partial charge in [-0.3, -0.25) is 0 Å². The molecule has 0 bridgehead atoms. The summed E-state index contributed by atoms with van der Waals surface area (Å²) in [5.41, 5.74) is 6.40. The largest absolute Gasteiger partial charge is 0.208 e. The minimum atomic E-state index is 0.644. The summed E-state index contributed by atoms with van der Waals surface area (Å²) >= 11 is 1.71. The summed E-state index contributed by atoms with van der Waals surface area (Å²) in [6, 6.07) is 72.5. The van der Waals surface area contributed by atoms with Gasteiger partial charge in [-0.15, -0.1) is 11.3 Å². The molecule has 13 aromatic rings. The Morgan fingerprint density at radius 1 is 0.279 bits per heavy atom. The lowest BCUT2D eigenvalue weighted by atomic mass is 9.85. The van der Waals surface area contributed by atoms with Crippen LogP contribution in [0.3, 0.4) is 0 Å². The predicted molar refractivity (Wildman–Crippen MR) is 259 cm³/mol. The van der Waals surface area contributed by atoms with Crippen LogP contribution in [-0.4, -0.2) is 15.0 Å². The molecule has 0 amide bonds. The smallest absolute Gasteiger partial charge is 0.174 e. The third kappa shape index (κ3) is 5.33. The van der Waals surface area contributed by atoms with Gasteiger partial charge in [-0.05, 0) is 117 Å². The Morgan fingerprint density at radius 2 is 0.770 bits per heavy atom. The molecule has 0 saturated heterocycles. The first kappa shape index (κ1) is 34.1. The molecule has 0 atom stereocenters. The molecule has 11 aromatic carbocycles. The molecule has 0 N–H and O–H groups in total. The van der Waals surface area contributed by atoms with Crippen molar-refractivity contribution in [2.45, 2.75) is 0 Å². The second kappa shape index (κ2) is 13.4. The van der Waals surface area contributed by atoms with Crippen molar-refractivity contribution in [2.24, 2.45) is 0 Å². The number of nitrogens with zero attached hydrogens (tertiary/aromatic N) is 3. The topological polar surface area (TPSA) is 38.7 Å². The molecule has 4 heteroatoms. The van der Waals surface area contributed by atoms with Gasteiger partial charge in [-0.1, -0.05) is 176 Å². The summed E-state index contributed by atoms with van der Waals surface area (Å²) in [4.78, 5) is 16.6. The van der Waals surface area contributed by atoms with Crippen molar-refractivity contribution in [3.8, 4) is 55.7 Å². The van der Waals surface area contributed by atoms with Crippen LogP contribution < -0.4 is 0 Å². The fourth-order valence-corrected chi connectivity index (χ4v) is 10.7. The van der Waals surface area contributed by atoms with Gasteiger partial charge in [0.2, 0.25) is 0 Å². The minimum absolute atomic E-state index is 0.644. The normalized spacial score (nSPS) is 11.9. The third-order valence-corrected chi connectivity index (χ3v) is 13.5. The maximum absolute atomic E-state index is 5.25. The van der Waals surface area contributed by atoms with Gasteiger partial charge in [-0.2, -0.15) is 0 Å². The van der Waals surface area contributed by atoms with E-state index in [-0.39, 0.29) is 0 Å². The van der Waals surface area contributed by atoms with E-state index in [9.17, 15) is 0 Å². The molecule has 0 unspecified atom stereocenters. The van der Waals surface area contributed by atoms with Gasteiger partial charge < -0.3 is 0 Å². The van der Waals surface area contributed by atoms with Crippen LogP contribution in [0.5, 0.6) is 0 Å². The average molecular weight is 792 g/mol. The number of aromatic nitrogens is 3. The van der Waals surface area contributed by atoms with Gasteiger partial charge in [0.05, 0.1) is 4.88 Å². The van der Waals surface area contributed by atoms with Crippen LogP contribution in [-0.2, 0) is 0 Å². The molecule has 0 radical (unpaired) electrons. The molecule has 2 heterocycles. The zero-order valence-electron chi connectivity index (χ0n) is 32.8. The molecule has 0 fully saturated rings. The van der Waals surface area contributed by atoms with Crippen molar-refractivity contribution in [3.63, 3.8) is 0 Å². The Hall–Kier alpha value is -7.79. The third-order valence-electron chi connectivity index (χ3n) is 12.4. The summed E-state index contributed by atoms with van der Waals surface area (Å²) < 4.78 is 1.21. The lowest BCUT2D eigenvalue weighted by Gasteiger charge is -2.18. The van der Waals surface area contributed by atoms with Crippen molar-refractivity contribution in [1.29, 1.82) is 0 Å². The second-order valence-corrected chi connectivity index (χ2v) is 17.0. The molecule has 0 aliphatic carbocycles. The van der Waals surface area contributed by atoms with E-state index in [1.54, 1.807) is 11.3 Å². The van der Waals surface area contributed by atoms with Crippen LogP contribution in [0, 0.1) is 0 Å². The van der Waals surface area contributed by atoms with E-state index in [0.29, 0.717) is 17.5 Å². The molecule has 282 valence electrons. The van der Waals surface area contributed by atoms with Crippen molar-refractivity contribution < 1.29 is 0 Å². The van der Waals surface area contributed by atoms with E-state index in [4.69, 9.17) is 15.0 Å². The molecule has 0 aliphatic rings. The number of hydrogen-bond acceptors (Lipinski definition) is 4. The highest BCUT2D eigenvalue weighted by molar-refractivity contribution is 7.22. The maximum atomic E-state index is 5.25. The zero-order valence-corrected chi connectivity index (χ0v) is 33.6. The molecule has 0 aliphatic heterocycles. The van der Waals surface area contributed by atoms with Crippen LogP contribution in [0.4, 0.5) is 0 Å². The van der Waals surface area contributed by atoms with Crippen molar-refractivity contribution in [3.05, 3.63) is 200 Å². The summed E-state index contributed by atoms with van der Waals surface area (Å²) in [6.45, 7) is 0. The maximum Gasteiger partial charge on any atom is 0.174 e. The highest BCUT2D eigenvalue weighted by Crippen LogP contribution is 2.46.